The Kier molecular flexibility index (Phi) is 4.90. The second kappa shape index (κ2) is 7.13. The third-order valence-corrected chi connectivity index (χ3v) is 5.09. The number of nitrogens with one attached hydrogen (secondary N) is 2. The summed E-state index contributed by atoms with van der Waals surface area (Å²) >= 11 is 0. The van der Waals surface area contributed by atoms with Crippen LogP contribution in [0.5, 0.6) is 0 Å². The molecule has 0 unspecified atom stereocenters. The summed E-state index contributed by atoms with van der Waals surface area (Å²) < 4.78 is 53.5. The monoisotopic (exact) mass is 374 g/mol. The quantitative estimate of drug-likeness (QED) is 0.673. The van der Waals surface area contributed by atoms with Gasteiger partial charge in [-0.05, 0) is 79.2 Å². The summed E-state index contributed by atoms with van der Waals surface area (Å²) in [4.78, 5) is -0.00934. The van der Waals surface area contributed by atoms with Gasteiger partial charge in [-0.25, -0.2) is 17.2 Å². The Bertz CT molecular complexity index is 1020. The molecule has 0 saturated carbocycles. The van der Waals surface area contributed by atoms with Crippen molar-refractivity contribution in [2.24, 2.45) is 0 Å². The van der Waals surface area contributed by atoms with Crippen molar-refractivity contribution < 1.29 is 17.2 Å². The van der Waals surface area contributed by atoms with Crippen molar-refractivity contribution in [3.05, 3.63) is 83.9 Å². The molecule has 0 radical (unpaired) electrons. The highest BCUT2D eigenvalue weighted by molar-refractivity contribution is 7.92. The van der Waals surface area contributed by atoms with Gasteiger partial charge in [0.05, 0.1) is 4.90 Å². The molecule has 0 aliphatic carbocycles. The van der Waals surface area contributed by atoms with Crippen LogP contribution in [-0.4, -0.2) is 8.42 Å². The second-order valence-electron chi connectivity index (χ2n) is 5.73. The average Bonchev–Trinajstić information content (AvgIpc) is 2.61. The fourth-order valence-electron chi connectivity index (χ4n) is 2.32. The first-order chi connectivity index (χ1) is 12.3. The third-order valence-electron chi connectivity index (χ3n) is 3.71. The molecule has 0 bridgehead atoms. The SMILES string of the molecule is Cc1cc(S(=O)(=O)Nc2ccc(Nc3ccc(F)cc3)cc2)ccc1F. The Morgan fingerprint density at radius 1 is 0.769 bits per heavy atom. The van der Waals surface area contributed by atoms with Crippen LogP contribution in [-0.2, 0) is 10.0 Å². The smallest absolute Gasteiger partial charge is 0.261 e. The Labute approximate surface area is 150 Å². The number of halogens is 2. The fraction of sp³-hybridized carbons (Fsp3) is 0.0526. The lowest BCUT2D eigenvalue weighted by Gasteiger charge is -2.11. The minimum absolute atomic E-state index is 0.00934. The first-order valence-electron chi connectivity index (χ1n) is 7.75. The van der Waals surface area contributed by atoms with Gasteiger partial charge < -0.3 is 5.32 Å². The van der Waals surface area contributed by atoms with Gasteiger partial charge in [0.2, 0.25) is 0 Å². The van der Waals surface area contributed by atoms with E-state index in [0.717, 1.165) is 11.8 Å². The van der Waals surface area contributed by atoms with Crippen LogP contribution in [0, 0.1) is 18.6 Å². The molecule has 0 spiro atoms. The van der Waals surface area contributed by atoms with Gasteiger partial charge in [-0.3, -0.25) is 4.72 Å². The molecule has 0 aliphatic rings. The minimum Gasteiger partial charge on any atom is -0.356 e. The number of aryl methyl sites for hydroxylation is 1. The van der Waals surface area contributed by atoms with Crippen molar-refractivity contribution in [2.45, 2.75) is 11.8 Å². The normalized spacial score (nSPS) is 11.2. The molecule has 3 aromatic carbocycles. The molecule has 4 nitrogen and oxygen atoms in total. The number of hydrogen-bond donors (Lipinski definition) is 2. The Morgan fingerprint density at radius 3 is 1.88 bits per heavy atom. The van der Waals surface area contributed by atoms with E-state index in [1.165, 1.54) is 31.2 Å². The largest absolute Gasteiger partial charge is 0.356 e. The van der Waals surface area contributed by atoms with Crippen LogP contribution >= 0.6 is 0 Å². The maximum absolute atomic E-state index is 13.3. The molecule has 0 aromatic heterocycles. The standard InChI is InChI=1S/C19H16F2N2O2S/c1-13-12-18(10-11-19(13)21)26(24,25)23-17-8-6-16(7-9-17)22-15-4-2-14(20)3-5-15/h2-12,22-23H,1H3. The molecule has 0 heterocycles. The summed E-state index contributed by atoms with van der Waals surface area (Å²) in [7, 11) is -3.81. The molecular formula is C19H16F2N2O2S. The van der Waals surface area contributed by atoms with Crippen molar-refractivity contribution in [1.29, 1.82) is 0 Å². The Morgan fingerprint density at radius 2 is 1.31 bits per heavy atom. The third kappa shape index (κ3) is 4.18. The predicted octanol–water partition coefficient (Wildman–Crippen LogP) is 4.82. The summed E-state index contributed by atoms with van der Waals surface area (Å²) in [6.07, 6.45) is 0. The molecular weight excluding hydrogens is 358 g/mol. The van der Waals surface area contributed by atoms with E-state index in [1.54, 1.807) is 36.4 Å². The van der Waals surface area contributed by atoms with Gasteiger partial charge in [-0.1, -0.05) is 0 Å². The summed E-state index contributed by atoms with van der Waals surface area (Å²) in [6.45, 7) is 1.50. The molecule has 2 N–H and O–H groups in total. The lowest BCUT2D eigenvalue weighted by Crippen LogP contribution is -2.13. The van der Waals surface area contributed by atoms with Gasteiger partial charge in [-0.2, -0.15) is 0 Å². The van der Waals surface area contributed by atoms with Crippen molar-refractivity contribution in [3.8, 4) is 0 Å². The van der Waals surface area contributed by atoms with Crippen LogP contribution in [0.1, 0.15) is 5.56 Å². The van der Waals surface area contributed by atoms with E-state index in [2.05, 4.69) is 10.0 Å². The molecule has 26 heavy (non-hydrogen) atoms. The molecule has 0 fully saturated rings. The second-order valence-corrected chi connectivity index (χ2v) is 7.41. The topological polar surface area (TPSA) is 58.2 Å². The van der Waals surface area contributed by atoms with Crippen molar-refractivity contribution >= 4 is 27.1 Å². The molecule has 7 heteroatoms. The van der Waals surface area contributed by atoms with Gasteiger partial charge in [0.15, 0.2) is 0 Å². The summed E-state index contributed by atoms with van der Waals surface area (Å²) in [5, 5.41) is 3.08. The summed E-state index contributed by atoms with van der Waals surface area (Å²) in [5.41, 5.74) is 2.06. The first kappa shape index (κ1) is 17.9. The predicted molar refractivity (Wildman–Crippen MR) is 98.1 cm³/mol. The number of sulfonamides is 1. The van der Waals surface area contributed by atoms with E-state index >= 15 is 0 Å². The van der Waals surface area contributed by atoms with Crippen LogP contribution < -0.4 is 10.0 Å². The molecule has 0 aliphatic heterocycles. The van der Waals surface area contributed by atoms with Crippen LogP contribution in [0.2, 0.25) is 0 Å². The van der Waals surface area contributed by atoms with E-state index in [0.29, 0.717) is 11.4 Å². The highest BCUT2D eigenvalue weighted by Gasteiger charge is 2.15. The Balaban J connectivity index is 1.73. The number of benzene rings is 3. The van der Waals surface area contributed by atoms with Crippen LogP contribution in [0.25, 0.3) is 0 Å². The molecule has 0 amide bonds. The number of rotatable bonds is 5. The first-order valence-corrected chi connectivity index (χ1v) is 9.23. The lowest BCUT2D eigenvalue weighted by atomic mass is 10.2. The van der Waals surface area contributed by atoms with E-state index in [4.69, 9.17) is 0 Å². The van der Waals surface area contributed by atoms with Crippen molar-refractivity contribution in [2.75, 3.05) is 10.0 Å². The van der Waals surface area contributed by atoms with Crippen molar-refractivity contribution in [3.63, 3.8) is 0 Å². The molecule has 0 atom stereocenters. The van der Waals surface area contributed by atoms with Crippen LogP contribution in [0.3, 0.4) is 0 Å². The molecule has 3 rings (SSSR count). The summed E-state index contributed by atoms with van der Waals surface area (Å²) in [6, 6.07) is 16.1. The highest BCUT2D eigenvalue weighted by Crippen LogP contribution is 2.22. The molecule has 134 valence electrons. The van der Waals surface area contributed by atoms with Crippen LogP contribution in [0.15, 0.2) is 71.6 Å². The van der Waals surface area contributed by atoms with E-state index < -0.39 is 15.8 Å². The van der Waals surface area contributed by atoms with Crippen molar-refractivity contribution in [1.82, 2.24) is 0 Å². The Hall–Kier alpha value is -2.93. The van der Waals surface area contributed by atoms with Gasteiger partial charge in [0.1, 0.15) is 11.6 Å². The average molecular weight is 374 g/mol. The highest BCUT2D eigenvalue weighted by atomic mass is 32.2. The maximum atomic E-state index is 13.3. The van der Waals surface area contributed by atoms with Gasteiger partial charge in [-0.15, -0.1) is 0 Å². The zero-order valence-electron chi connectivity index (χ0n) is 13.8. The fourth-order valence-corrected chi connectivity index (χ4v) is 3.46. The molecule has 0 saturated heterocycles. The molecule has 3 aromatic rings. The minimum atomic E-state index is -3.81. The van der Waals surface area contributed by atoms with Crippen LogP contribution in [0.4, 0.5) is 25.8 Å². The summed E-state index contributed by atoms with van der Waals surface area (Å²) in [5.74, 6) is -0.781. The van der Waals surface area contributed by atoms with Gasteiger partial charge in [0.25, 0.3) is 10.0 Å². The number of anilines is 3. The van der Waals surface area contributed by atoms with E-state index in [9.17, 15) is 17.2 Å². The van der Waals surface area contributed by atoms with E-state index in [-0.39, 0.29) is 16.3 Å². The van der Waals surface area contributed by atoms with E-state index in [1.807, 2.05) is 0 Å². The number of hydrogen-bond acceptors (Lipinski definition) is 3. The maximum Gasteiger partial charge on any atom is 0.261 e. The zero-order valence-corrected chi connectivity index (χ0v) is 14.6. The zero-order chi connectivity index (χ0) is 18.7. The lowest BCUT2D eigenvalue weighted by molar-refractivity contribution is 0.598. The van der Waals surface area contributed by atoms with Gasteiger partial charge >= 0.3 is 0 Å². The van der Waals surface area contributed by atoms with Gasteiger partial charge in [0, 0.05) is 17.1 Å².